The summed E-state index contributed by atoms with van der Waals surface area (Å²) in [4.78, 5) is 22.1. The van der Waals surface area contributed by atoms with Crippen LogP contribution in [0.4, 0.5) is 5.95 Å². The Morgan fingerprint density at radius 2 is 1.78 bits per heavy atom. The Morgan fingerprint density at radius 3 is 2.39 bits per heavy atom. The molecular weight excluding hydrogens is 296 g/mol. The van der Waals surface area contributed by atoms with E-state index in [1.807, 2.05) is 0 Å². The van der Waals surface area contributed by atoms with Crippen LogP contribution < -0.4 is 10.2 Å². The highest BCUT2D eigenvalue weighted by Crippen LogP contribution is 2.18. The molecule has 0 spiro atoms. The van der Waals surface area contributed by atoms with E-state index in [0.717, 1.165) is 52.0 Å². The lowest BCUT2D eigenvalue weighted by molar-refractivity contribution is 0.0599. The van der Waals surface area contributed by atoms with E-state index in [0.29, 0.717) is 23.6 Å². The summed E-state index contributed by atoms with van der Waals surface area (Å²) in [5.74, 6) is 0.276. The molecule has 0 bridgehead atoms. The summed E-state index contributed by atoms with van der Waals surface area (Å²) in [6.07, 6.45) is 7.44. The summed E-state index contributed by atoms with van der Waals surface area (Å²) < 4.78 is 10.1. The number of ether oxygens (including phenoxy) is 2. The van der Waals surface area contributed by atoms with Gasteiger partial charge < -0.3 is 19.7 Å². The van der Waals surface area contributed by atoms with Gasteiger partial charge in [0.15, 0.2) is 0 Å². The minimum absolute atomic E-state index is 0.382. The normalized spacial score (nSPS) is 20.5. The Hall–Kier alpha value is -1.73. The number of nitrogens with one attached hydrogen (secondary N) is 1. The number of hydrogen-bond donors (Lipinski definition) is 1. The van der Waals surface area contributed by atoms with Gasteiger partial charge >= 0.3 is 5.97 Å². The summed E-state index contributed by atoms with van der Waals surface area (Å²) in [5, 5.41) is 3.75. The molecule has 7 nitrogen and oxygen atoms in total. The Morgan fingerprint density at radius 1 is 1.17 bits per heavy atom. The highest BCUT2D eigenvalue weighted by Gasteiger charge is 2.24. The van der Waals surface area contributed by atoms with Gasteiger partial charge in [-0.15, -0.1) is 0 Å². The third kappa shape index (κ3) is 4.17. The van der Waals surface area contributed by atoms with Crippen LogP contribution in [0.1, 0.15) is 36.0 Å². The molecule has 126 valence electrons. The summed E-state index contributed by atoms with van der Waals surface area (Å²) in [6.45, 7) is 3.60. The van der Waals surface area contributed by atoms with Crippen LogP contribution in [-0.2, 0) is 9.47 Å². The Balaban J connectivity index is 1.49. The van der Waals surface area contributed by atoms with Crippen molar-refractivity contribution in [2.75, 3.05) is 38.3 Å². The van der Waals surface area contributed by atoms with Crippen LogP contribution in [0.25, 0.3) is 0 Å². The van der Waals surface area contributed by atoms with Crippen molar-refractivity contribution < 1.29 is 14.3 Å². The average Bonchev–Trinajstić information content (AvgIpc) is 2.63. The van der Waals surface area contributed by atoms with Crippen molar-refractivity contribution in [3.05, 3.63) is 18.0 Å². The van der Waals surface area contributed by atoms with Crippen molar-refractivity contribution in [2.24, 2.45) is 0 Å². The molecule has 2 saturated heterocycles. The number of rotatable bonds is 4. The monoisotopic (exact) mass is 320 g/mol. The van der Waals surface area contributed by atoms with E-state index < -0.39 is 5.97 Å². The molecule has 2 fully saturated rings. The van der Waals surface area contributed by atoms with Gasteiger partial charge in [-0.05, 0) is 25.7 Å². The van der Waals surface area contributed by atoms with Gasteiger partial charge in [-0.3, -0.25) is 0 Å². The van der Waals surface area contributed by atoms with Crippen molar-refractivity contribution in [3.8, 4) is 0 Å². The lowest BCUT2D eigenvalue weighted by Gasteiger charge is -2.35. The predicted octanol–water partition coefficient (Wildman–Crippen LogP) is 1.00. The molecule has 2 aliphatic heterocycles. The number of anilines is 1. The van der Waals surface area contributed by atoms with Gasteiger partial charge in [0.05, 0.1) is 12.7 Å². The number of piperidine rings is 1. The summed E-state index contributed by atoms with van der Waals surface area (Å²) in [6, 6.07) is 1.15. The zero-order valence-electron chi connectivity index (χ0n) is 13.5. The molecule has 0 saturated carbocycles. The molecule has 7 heteroatoms. The molecule has 1 aromatic rings. The van der Waals surface area contributed by atoms with Crippen molar-refractivity contribution in [3.63, 3.8) is 0 Å². The highest BCUT2D eigenvalue weighted by molar-refractivity contribution is 5.88. The quantitative estimate of drug-likeness (QED) is 0.829. The SMILES string of the molecule is COC(=O)c1cnc(N2CCC(NC3CCOCC3)CC2)nc1. The van der Waals surface area contributed by atoms with Crippen molar-refractivity contribution in [1.29, 1.82) is 0 Å². The van der Waals surface area contributed by atoms with E-state index in [-0.39, 0.29) is 0 Å². The third-order valence-electron chi connectivity index (χ3n) is 4.53. The first kappa shape index (κ1) is 16.1. The summed E-state index contributed by atoms with van der Waals surface area (Å²) >= 11 is 0. The molecule has 23 heavy (non-hydrogen) atoms. The number of aromatic nitrogens is 2. The maximum Gasteiger partial charge on any atom is 0.341 e. The second kappa shape index (κ2) is 7.70. The maximum absolute atomic E-state index is 11.4. The van der Waals surface area contributed by atoms with Gasteiger partial charge in [0.1, 0.15) is 0 Å². The number of methoxy groups -OCH3 is 1. The molecule has 1 aromatic heterocycles. The van der Waals surface area contributed by atoms with Gasteiger partial charge in [-0.25, -0.2) is 14.8 Å². The van der Waals surface area contributed by atoms with E-state index in [1.54, 1.807) is 0 Å². The van der Waals surface area contributed by atoms with E-state index >= 15 is 0 Å². The average molecular weight is 320 g/mol. The van der Waals surface area contributed by atoms with E-state index in [4.69, 9.17) is 4.74 Å². The van der Waals surface area contributed by atoms with Gasteiger partial charge in [0.25, 0.3) is 0 Å². The van der Waals surface area contributed by atoms with Gasteiger partial charge in [-0.1, -0.05) is 0 Å². The summed E-state index contributed by atoms with van der Waals surface area (Å²) in [5.41, 5.74) is 0.382. The first-order valence-corrected chi connectivity index (χ1v) is 8.25. The number of carbonyl (C=O) groups is 1. The van der Waals surface area contributed by atoms with Gasteiger partial charge in [-0.2, -0.15) is 0 Å². The second-order valence-electron chi connectivity index (χ2n) is 6.08. The van der Waals surface area contributed by atoms with Crippen molar-refractivity contribution >= 4 is 11.9 Å². The number of esters is 1. The fourth-order valence-electron chi connectivity index (χ4n) is 3.15. The van der Waals surface area contributed by atoms with Crippen molar-refractivity contribution in [2.45, 2.75) is 37.8 Å². The van der Waals surface area contributed by atoms with Crippen LogP contribution in [0.15, 0.2) is 12.4 Å². The van der Waals surface area contributed by atoms with Crippen LogP contribution in [-0.4, -0.2) is 61.4 Å². The maximum atomic E-state index is 11.4. The topological polar surface area (TPSA) is 76.6 Å². The molecule has 1 N–H and O–H groups in total. The fraction of sp³-hybridized carbons (Fsp3) is 0.688. The first-order chi connectivity index (χ1) is 11.3. The molecule has 3 rings (SSSR count). The number of carbonyl (C=O) groups excluding carboxylic acids is 1. The molecule has 0 unspecified atom stereocenters. The van der Waals surface area contributed by atoms with E-state index in [1.165, 1.54) is 19.5 Å². The molecule has 0 atom stereocenters. The van der Waals surface area contributed by atoms with Crippen molar-refractivity contribution in [1.82, 2.24) is 15.3 Å². The lowest BCUT2D eigenvalue weighted by Crippen LogP contribution is -2.48. The molecule has 3 heterocycles. The van der Waals surface area contributed by atoms with Crippen LogP contribution >= 0.6 is 0 Å². The Bertz CT molecular complexity index is 509. The highest BCUT2D eigenvalue weighted by atomic mass is 16.5. The Kier molecular flexibility index (Phi) is 5.40. The van der Waals surface area contributed by atoms with Crippen LogP contribution in [0.5, 0.6) is 0 Å². The van der Waals surface area contributed by atoms with Crippen LogP contribution in [0.3, 0.4) is 0 Å². The zero-order chi connectivity index (χ0) is 16.1. The smallest absolute Gasteiger partial charge is 0.341 e. The Labute approximate surface area is 136 Å². The largest absolute Gasteiger partial charge is 0.465 e. The predicted molar refractivity (Wildman–Crippen MR) is 85.6 cm³/mol. The van der Waals surface area contributed by atoms with E-state index in [2.05, 4.69) is 24.9 Å². The lowest BCUT2D eigenvalue weighted by atomic mass is 10.0. The third-order valence-corrected chi connectivity index (χ3v) is 4.53. The standard InChI is InChI=1S/C16H24N4O3/c1-22-15(21)12-10-17-16(18-11-12)20-6-2-13(3-7-20)19-14-4-8-23-9-5-14/h10-11,13-14,19H,2-9H2,1H3. The molecule has 2 aliphatic rings. The molecular formula is C16H24N4O3. The summed E-state index contributed by atoms with van der Waals surface area (Å²) in [7, 11) is 1.35. The second-order valence-corrected chi connectivity index (χ2v) is 6.08. The van der Waals surface area contributed by atoms with E-state index in [9.17, 15) is 4.79 Å². The molecule has 0 aromatic carbocycles. The first-order valence-electron chi connectivity index (χ1n) is 8.25. The molecule has 0 amide bonds. The number of nitrogens with zero attached hydrogens (tertiary/aromatic N) is 3. The number of hydrogen-bond acceptors (Lipinski definition) is 7. The van der Waals surface area contributed by atoms with Gasteiger partial charge in [0.2, 0.25) is 5.95 Å². The zero-order valence-corrected chi connectivity index (χ0v) is 13.5. The molecule has 0 aliphatic carbocycles. The fourth-order valence-corrected chi connectivity index (χ4v) is 3.15. The van der Waals surface area contributed by atoms with Gasteiger partial charge in [0, 0.05) is 50.8 Å². The van der Waals surface area contributed by atoms with Crippen LogP contribution in [0, 0.1) is 0 Å². The molecule has 0 radical (unpaired) electrons. The minimum atomic E-state index is -0.407. The minimum Gasteiger partial charge on any atom is -0.465 e. The van der Waals surface area contributed by atoms with Crippen LogP contribution in [0.2, 0.25) is 0 Å².